The molecule has 2 aromatic rings. The molecule has 0 aliphatic carbocycles. The summed E-state index contributed by atoms with van der Waals surface area (Å²) in [6.45, 7) is 7.28. The Labute approximate surface area is 187 Å². The molecule has 1 saturated heterocycles. The van der Waals surface area contributed by atoms with Crippen molar-refractivity contribution in [2.45, 2.75) is 39.0 Å². The number of anilines is 1. The second-order valence-electron chi connectivity index (χ2n) is 8.62. The van der Waals surface area contributed by atoms with Gasteiger partial charge in [0, 0.05) is 52.3 Å². The van der Waals surface area contributed by atoms with Crippen LogP contribution in [0.3, 0.4) is 0 Å². The van der Waals surface area contributed by atoms with Crippen LogP contribution in [0.1, 0.15) is 34.1 Å². The van der Waals surface area contributed by atoms with Crippen LogP contribution in [-0.2, 0) is 17.8 Å². The van der Waals surface area contributed by atoms with Gasteiger partial charge in [0.15, 0.2) is 0 Å². The summed E-state index contributed by atoms with van der Waals surface area (Å²) in [7, 11) is 0. The maximum Gasteiger partial charge on any atom is 0.270 e. The number of β-amino-alcohol motifs (C(OH)–C–C–N with tert-alkyl or cyclic N) is 1. The van der Waals surface area contributed by atoms with Gasteiger partial charge in [0.2, 0.25) is 5.91 Å². The first-order valence-electron chi connectivity index (χ1n) is 11.0. The maximum absolute atomic E-state index is 12.5. The van der Waals surface area contributed by atoms with Crippen molar-refractivity contribution in [3.05, 3.63) is 53.0 Å². The molecule has 1 unspecified atom stereocenters. The van der Waals surface area contributed by atoms with Crippen molar-refractivity contribution in [3.8, 4) is 0 Å². The molecule has 1 aromatic carbocycles. The molecule has 170 valence electrons. The van der Waals surface area contributed by atoms with E-state index in [1.54, 1.807) is 17.9 Å². The number of carbonyl (C=O) groups is 2. The average Bonchev–Trinajstić information content (AvgIpc) is 2.74. The summed E-state index contributed by atoms with van der Waals surface area (Å²) >= 11 is 0. The van der Waals surface area contributed by atoms with Crippen molar-refractivity contribution in [3.63, 3.8) is 0 Å². The van der Waals surface area contributed by atoms with Crippen LogP contribution in [0.2, 0.25) is 0 Å². The van der Waals surface area contributed by atoms with Crippen molar-refractivity contribution in [1.82, 2.24) is 25.1 Å². The summed E-state index contributed by atoms with van der Waals surface area (Å²) in [4.78, 5) is 35.9. The molecule has 0 spiro atoms. The van der Waals surface area contributed by atoms with Crippen molar-refractivity contribution in [2.24, 2.45) is 0 Å². The number of aromatic nitrogens is 2. The van der Waals surface area contributed by atoms with Gasteiger partial charge in [0.25, 0.3) is 5.91 Å². The van der Waals surface area contributed by atoms with Gasteiger partial charge in [-0.1, -0.05) is 18.2 Å². The zero-order valence-electron chi connectivity index (χ0n) is 18.5. The Morgan fingerprint density at radius 2 is 2.09 bits per heavy atom. The van der Waals surface area contributed by atoms with Crippen molar-refractivity contribution in [1.29, 1.82) is 0 Å². The van der Waals surface area contributed by atoms with E-state index in [1.165, 1.54) is 23.0 Å². The number of hydrogen-bond acceptors (Lipinski definition) is 7. The molecular formula is C23H30N6O3. The van der Waals surface area contributed by atoms with Gasteiger partial charge in [0.1, 0.15) is 17.8 Å². The Balaban J connectivity index is 1.24. The van der Waals surface area contributed by atoms with E-state index in [2.05, 4.69) is 50.6 Å². The Kier molecular flexibility index (Phi) is 6.66. The van der Waals surface area contributed by atoms with Crippen LogP contribution in [0.4, 0.5) is 5.82 Å². The summed E-state index contributed by atoms with van der Waals surface area (Å²) < 4.78 is 0. The number of nitrogens with one attached hydrogen (secondary N) is 2. The summed E-state index contributed by atoms with van der Waals surface area (Å²) in [5, 5.41) is 16.4. The standard InChI is InChI=1S/C23H30N6O3/c1-15-4-3-5-17-10-28(7-6-20(15)17)13-19(31)9-24-23(32)21-8-22(26-14-25-21)27-18-11-29(12-18)16(2)30/h3-5,8,14,18-19,31H,6-7,9-13H2,1-2H3,(H,24,32)(H,25,26,27). The van der Waals surface area contributed by atoms with E-state index in [4.69, 9.17) is 0 Å². The molecule has 0 saturated carbocycles. The minimum atomic E-state index is -0.669. The number of rotatable bonds is 7. The molecule has 0 bridgehead atoms. The molecule has 32 heavy (non-hydrogen) atoms. The molecule has 4 rings (SSSR count). The predicted molar refractivity (Wildman–Crippen MR) is 120 cm³/mol. The third-order valence-electron chi connectivity index (χ3n) is 6.13. The quantitative estimate of drug-likeness (QED) is 0.580. The van der Waals surface area contributed by atoms with Gasteiger partial charge in [-0.25, -0.2) is 9.97 Å². The lowest BCUT2D eigenvalue weighted by atomic mass is 9.95. The molecular weight excluding hydrogens is 408 g/mol. The number of fused-ring (bicyclic) bond motifs is 1. The second-order valence-corrected chi connectivity index (χ2v) is 8.62. The van der Waals surface area contributed by atoms with Crippen LogP contribution in [0.25, 0.3) is 0 Å². The number of nitrogens with zero attached hydrogens (tertiary/aromatic N) is 4. The van der Waals surface area contributed by atoms with Crippen molar-refractivity contribution >= 4 is 17.6 Å². The Hall–Kier alpha value is -3.04. The average molecular weight is 439 g/mol. The normalized spacial score (nSPS) is 17.3. The van der Waals surface area contributed by atoms with E-state index in [-0.39, 0.29) is 30.1 Å². The van der Waals surface area contributed by atoms with Crippen LogP contribution >= 0.6 is 0 Å². The Bertz CT molecular complexity index is 991. The van der Waals surface area contributed by atoms with Gasteiger partial charge >= 0.3 is 0 Å². The monoisotopic (exact) mass is 438 g/mol. The molecule has 9 nitrogen and oxygen atoms in total. The molecule has 9 heteroatoms. The molecule has 1 aromatic heterocycles. The van der Waals surface area contributed by atoms with Crippen molar-refractivity contribution in [2.75, 3.05) is 38.0 Å². The minimum Gasteiger partial charge on any atom is -0.390 e. The highest BCUT2D eigenvalue weighted by molar-refractivity contribution is 5.92. The van der Waals surface area contributed by atoms with Crippen LogP contribution in [0, 0.1) is 6.92 Å². The first-order valence-corrected chi connectivity index (χ1v) is 11.0. The SMILES string of the molecule is CC(=O)N1CC(Nc2cc(C(=O)NCC(O)CN3CCc4c(C)cccc4C3)ncn2)C1. The van der Waals surface area contributed by atoms with Crippen LogP contribution in [0.15, 0.2) is 30.6 Å². The summed E-state index contributed by atoms with van der Waals surface area (Å²) in [5.74, 6) is 0.238. The third kappa shape index (κ3) is 5.23. The highest BCUT2D eigenvalue weighted by Gasteiger charge is 2.28. The van der Waals surface area contributed by atoms with Gasteiger partial charge in [-0.05, 0) is 30.0 Å². The van der Waals surface area contributed by atoms with Gasteiger partial charge in [-0.15, -0.1) is 0 Å². The number of aliphatic hydroxyl groups is 1. The lowest BCUT2D eigenvalue weighted by Gasteiger charge is -2.39. The first-order chi connectivity index (χ1) is 15.4. The van der Waals surface area contributed by atoms with Gasteiger partial charge in [-0.3, -0.25) is 14.5 Å². The molecule has 2 aliphatic heterocycles. The Morgan fingerprint density at radius 3 is 2.88 bits per heavy atom. The lowest BCUT2D eigenvalue weighted by molar-refractivity contribution is -0.132. The summed E-state index contributed by atoms with van der Waals surface area (Å²) in [5.41, 5.74) is 4.28. The number of hydrogen-bond donors (Lipinski definition) is 3. The third-order valence-corrected chi connectivity index (χ3v) is 6.13. The summed E-state index contributed by atoms with van der Waals surface area (Å²) in [6, 6.07) is 8.06. The van der Waals surface area contributed by atoms with Gasteiger partial charge in [-0.2, -0.15) is 0 Å². The summed E-state index contributed by atoms with van der Waals surface area (Å²) in [6.07, 6.45) is 1.64. The predicted octanol–water partition coefficient (Wildman–Crippen LogP) is 0.577. The van der Waals surface area contributed by atoms with E-state index < -0.39 is 6.10 Å². The molecule has 3 heterocycles. The largest absolute Gasteiger partial charge is 0.390 e. The fourth-order valence-electron chi connectivity index (χ4n) is 4.27. The van der Waals surface area contributed by atoms with Crippen LogP contribution in [0.5, 0.6) is 0 Å². The molecule has 2 aliphatic rings. The second kappa shape index (κ2) is 9.62. The minimum absolute atomic E-state index is 0.0493. The van der Waals surface area contributed by atoms with Crippen LogP contribution in [-0.4, -0.2) is 81.6 Å². The van der Waals surface area contributed by atoms with E-state index in [9.17, 15) is 14.7 Å². The molecule has 2 amide bonds. The number of likely N-dealkylation sites (tertiary alicyclic amines) is 1. The highest BCUT2D eigenvalue weighted by atomic mass is 16.3. The topological polar surface area (TPSA) is 111 Å². The lowest BCUT2D eigenvalue weighted by Crippen LogP contribution is -2.56. The van der Waals surface area contributed by atoms with E-state index in [0.717, 1.165) is 19.5 Å². The zero-order valence-corrected chi connectivity index (χ0v) is 18.5. The Morgan fingerprint density at radius 1 is 1.28 bits per heavy atom. The van der Waals surface area contributed by atoms with E-state index in [0.29, 0.717) is 25.5 Å². The number of aryl methyl sites for hydroxylation is 1. The first kappa shape index (κ1) is 22.2. The van der Waals surface area contributed by atoms with E-state index >= 15 is 0 Å². The molecule has 1 atom stereocenters. The van der Waals surface area contributed by atoms with Crippen molar-refractivity contribution < 1.29 is 14.7 Å². The fraction of sp³-hybridized carbons (Fsp3) is 0.478. The fourth-order valence-corrected chi connectivity index (χ4v) is 4.27. The van der Waals surface area contributed by atoms with E-state index in [1.807, 2.05) is 0 Å². The number of benzene rings is 1. The number of aliphatic hydroxyl groups excluding tert-OH is 1. The van der Waals surface area contributed by atoms with Crippen LogP contribution < -0.4 is 10.6 Å². The molecule has 1 fully saturated rings. The number of carbonyl (C=O) groups excluding carboxylic acids is 2. The molecule has 0 radical (unpaired) electrons. The smallest absolute Gasteiger partial charge is 0.270 e. The molecule has 3 N–H and O–H groups in total. The maximum atomic E-state index is 12.5. The highest BCUT2D eigenvalue weighted by Crippen LogP contribution is 2.22. The van der Waals surface area contributed by atoms with Gasteiger partial charge in [0.05, 0.1) is 12.1 Å². The van der Waals surface area contributed by atoms with Gasteiger partial charge < -0.3 is 20.6 Å². The zero-order chi connectivity index (χ0) is 22.7. The number of amides is 2.